The molecule has 0 heterocycles. The van der Waals surface area contributed by atoms with Gasteiger partial charge in [-0.05, 0) is 42.8 Å². The van der Waals surface area contributed by atoms with Crippen LogP contribution in [-0.4, -0.2) is 7.11 Å². The summed E-state index contributed by atoms with van der Waals surface area (Å²) in [6.07, 6.45) is 0. The summed E-state index contributed by atoms with van der Waals surface area (Å²) in [6, 6.07) is 14.0. The second kappa shape index (κ2) is 5.15. The molecule has 2 rings (SSSR count). The first kappa shape index (κ1) is 11.9. The lowest BCUT2D eigenvalue weighted by Crippen LogP contribution is -1.88. The van der Waals surface area contributed by atoms with Crippen LogP contribution in [0.4, 0.5) is 5.69 Å². The van der Waals surface area contributed by atoms with E-state index in [1.165, 1.54) is 5.56 Å². The van der Waals surface area contributed by atoms with Gasteiger partial charge in [-0.15, -0.1) is 0 Å². The van der Waals surface area contributed by atoms with Crippen molar-refractivity contribution in [2.24, 2.45) is 0 Å². The van der Waals surface area contributed by atoms with Crippen molar-refractivity contribution in [3.63, 3.8) is 0 Å². The number of hydrogen-bond donors (Lipinski definition) is 1. The lowest BCUT2D eigenvalue weighted by Gasteiger charge is -2.09. The van der Waals surface area contributed by atoms with Gasteiger partial charge in [-0.3, -0.25) is 0 Å². The minimum Gasteiger partial charge on any atom is -0.496 e. The Hall–Kier alpha value is -1.61. The molecule has 0 aromatic heterocycles. The predicted molar refractivity (Wildman–Crippen MR) is 72.7 cm³/mol. The molecule has 0 saturated carbocycles. The van der Waals surface area contributed by atoms with Crippen molar-refractivity contribution in [2.45, 2.75) is 16.7 Å². The van der Waals surface area contributed by atoms with Gasteiger partial charge in [0.15, 0.2) is 0 Å². The van der Waals surface area contributed by atoms with E-state index in [1.807, 2.05) is 36.4 Å². The number of anilines is 1. The summed E-state index contributed by atoms with van der Waals surface area (Å²) in [5, 5.41) is 0. The van der Waals surface area contributed by atoms with Crippen LogP contribution in [0.25, 0.3) is 0 Å². The average molecular weight is 245 g/mol. The van der Waals surface area contributed by atoms with Gasteiger partial charge in [0, 0.05) is 10.6 Å². The first-order valence-corrected chi connectivity index (χ1v) is 6.19. The number of ether oxygens (including phenoxy) is 1. The number of hydrogen-bond acceptors (Lipinski definition) is 3. The maximum Gasteiger partial charge on any atom is 0.132 e. The molecule has 0 amide bonds. The van der Waals surface area contributed by atoms with Crippen LogP contribution >= 0.6 is 11.8 Å². The van der Waals surface area contributed by atoms with Crippen molar-refractivity contribution in [3.05, 3.63) is 48.0 Å². The molecule has 2 nitrogen and oxygen atoms in total. The molecule has 0 atom stereocenters. The molecule has 17 heavy (non-hydrogen) atoms. The van der Waals surface area contributed by atoms with Crippen molar-refractivity contribution in [3.8, 4) is 5.75 Å². The molecule has 0 bridgehead atoms. The van der Waals surface area contributed by atoms with E-state index < -0.39 is 0 Å². The Labute approximate surface area is 106 Å². The number of benzene rings is 2. The molecule has 0 aliphatic rings. The fraction of sp³-hybridized carbons (Fsp3) is 0.143. The predicted octanol–water partition coefficient (Wildman–Crippen LogP) is 3.74. The lowest BCUT2D eigenvalue weighted by atomic mass is 10.2. The summed E-state index contributed by atoms with van der Waals surface area (Å²) < 4.78 is 5.35. The van der Waals surface area contributed by atoms with Gasteiger partial charge in [0.05, 0.1) is 12.0 Å². The Morgan fingerprint density at radius 1 is 1.12 bits per heavy atom. The summed E-state index contributed by atoms with van der Waals surface area (Å²) >= 11 is 1.66. The molecule has 0 fully saturated rings. The minimum absolute atomic E-state index is 0.779. The Morgan fingerprint density at radius 3 is 2.65 bits per heavy atom. The van der Waals surface area contributed by atoms with Crippen molar-refractivity contribution in [1.29, 1.82) is 0 Å². The van der Waals surface area contributed by atoms with E-state index in [2.05, 4.69) is 13.0 Å². The zero-order valence-corrected chi connectivity index (χ0v) is 10.8. The maximum absolute atomic E-state index is 5.77. The minimum atomic E-state index is 0.779. The van der Waals surface area contributed by atoms with Crippen LogP contribution < -0.4 is 10.5 Å². The Kier molecular flexibility index (Phi) is 3.59. The SMILES string of the molecule is COc1ccc(C)cc1Sc1cccc(N)c1. The van der Waals surface area contributed by atoms with Gasteiger partial charge in [-0.2, -0.15) is 0 Å². The van der Waals surface area contributed by atoms with Crippen LogP contribution in [0.5, 0.6) is 5.75 Å². The molecule has 88 valence electrons. The van der Waals surface area contributed by atoms with Crippen LogP contribution in [0.15, 0.2) is 52.3 Å². The number of nitrogen functional groups attached to an aromatic ring is 1. The Bertz CT molecular complexity index is 525. The second-order valence-electron chi connectivity index (χ2n) is 3.83. The molecule has 0 radical (unpaired) electrons. The summed E-state index contributed by atoms with van der Waals surface area (Å²) in [7, 11) is 1.69. The van der Waals surface area contributed by atoms with Crippen molar-refractivity contribution in [2.75, 3.05) is 12.8 Å². The van der Waals surface area contributed by atoms with Gasteiger partial charge >= 0.3 is 0 Å². The van der Waals surface area contributed by atoms with Gasteiger partial charge in [0.25, 0.3) is 0 Å². The zero-order valence-electron chi connectivity index (χ0n) is 9.94. The van der Waals surface area contributed by atoms with E-state index in [0.29, 0.717) is 0 Å². The van der Waals surface area contributed by atoms with Gasteiger partial charge in [0.2, 0.25) is 0 Å². The largest absolute Gasteiger partial charge is 0.496 e. The maximum atomic E-state index is 5.77. The van der Waals surface area contributed by atoms with Crippen molar-refractivity contribution >= 4 is 17.4 Å². The molecule has 0 unspecified atom stereocenters. The summed E-state index contributed by atoms with van der Waals surface area (Å²) in [4.78, 5) is 2.23. The normalized spacial score (nSPS) is 10.2. The smallest absolute Gasteiger partial charge is 0.132 e. The number of aryl methyl sites for hydroxylation is 1. The molecule has 0 saturated heterocycles. The van der Waals surface area contributed by atoms with E-state index in [9.17, 15) is 0 Å². The van der Waals surface area contributed by atoms with Crippen molar-refractivity contribution < 1.29 is 4.74 Å². The highest BCUT2D eigenvalue weighted by molar-refractivity contribution is 7.99. The third kappa shape index (κ3) is 2.94. The zero-order chi connectivity index (χ0) is 12.3. The van der Waals surface area contributed by atoms with Gasteiger partial charge < -0.3 is 10.5 Å². The topological polar surface area (TPSA) is 35.2 Å². The van der Waals surface area contributed by atoms with Crippen molar-refractivity contribution in [1.82, 2.24) is 0 Å². The molecular formula is C14H15NOS. The standard InChI is InChI=1S/C14H15NOS/c1-10-6-7-13(16-2)14(8-10)17-12-5-3-4-11(15)9-12/h3-9H,15H2,1-2H3. The molecule has 0 aliphatic carbocycles. The lowest BCUT2D eigenvalue weighted by molar-refractivity contribution is 0.404. The highest BCUT2D eigenvalue weighted by Gasteiger charge is 2.05. The molecule has 3 heteroatoms. The Morgan fingerprint density at radius 2 is 1.94 bits per heavy atom. The first-order chi connectivity index (χ1) is 8.19. The third-order valence-electron chi connectivity index (χ3n) is 2.41. The average Bonchev–Trinajstić information content (AvgIpc) is 2.29. The molecule has 2 aromatic carbocycles. The van der Waals surface area contributed by atoms with Gasteiger partial charge in [-0.25, -0.2) is 0 Å². The first-order valence-electron chi connectivity index (χ1n) is 5.37. The van der Waals surface area contributed by atoms with Crippen LogP contribution in [0.3, 0.4) is 0 Å². The van der Waals surface area contributed by atoms with E-state index in [0.717, 1.165) is 21.2 Å². The Balaban J connectivity index is 2.32. The monoisotopic (exact) mass is 245 g/mol. The molecule has 0 aliphatic heterocycles. The van der Waals surface area contributed by atoms with E-state index in [1.54, 1.807) is 18.9 Å². The third-order valence-corrected chi connectivity index (χ3v) is 3.43. The van der Waals surface area contributed by atoms with Crippen LogP contribution in [0.1, 0.15) is 5.56 Å². The van der Waals surface area contributed by atoms with Crippen LogP contribution in [-0.2, 0) is 0 Å². The van der Waals surface area contributed by atoms with Crippen LogP contribution in [0, 0.1) is 6.92 Å². The number of rotatable bonds is 3. The molecular weight excluding hydrogens is 230 g/mol. The molecule has 0 spiro atoms. The van der Waals surface area contributed by atoms with Gasteiger partial charge in [-0.1, -0.05) is 23.9 Å². The number of methoxy groups -OCH3 is 1. The van der Waals surface area contributed by atoms with Crippen LogP contribution in [0.2, 0.25) is 0 Å². The van der Waals surface area contributed by atoms with E-state index in [4.69, 9.17) is 10.5 Å². The van der Waals surface area contributed by atoms with Gasteiger partial charge in [0.1, 0.15) is 5.75 Å². The molecule has 2 N–H and O–H groups in total. The number of nitrogens with two attached hydrogens (primary N) is 1. The molecule has 2 aromatic rings. The highest BCUT2D eigenvalue weighted by atomic mass is 32.2. The summed E-state index contributed by atoms with van der Waals surface area (Å²) in [6.45, 7) is 2.07. The fourth-order valence-corrected chi connectivity index (χ4v) is 2.66. The second-order valence-corrected chi connectivity index (χ2v) is 4.94. The summed E-state index contributed by atoms with van der Waals surface area (Å²) in [5.74, 6) is 0.892. The summed E-state index contributed by atoms with van der Waals surface area (Å²) in [5.41, 5.74) is 7.77. The van der Waals surface area contributed by atoms with E-state index >= 15 is 0 Å². The highest BCUT2D eigenvalue weighted by Crippen LogP contribution is 2.35. The van der Waals surface area contributed by atoms with E-state index in [-0.39, 0.29) is 0 Å². The quantitative estimate of drug-likeness (QED) is 0.837. The fourth-order valence-electron chi connectivity index (χ4n) is 1.57.